The number of H-pyrrole nitrogens is 2. The number of rotatable bonds is 3. The predicted molar refractivity (Wildman–Crippen MR) is 46.4 cm³/mol. The predicted octanol–water partition coefficient (Wildman–Crippen LogP) is -0.516. The number of hydrogen-bond donors (Lipinski definition) is 3. The van der Waals surface area contributed by atoms with E-state index in [1.807, 2.05) is 13.8 Å². The maximum atomic E-state index is 11.2. The normalized spacial score (nSPS) is 10.4. The summed E-state index contributed by atoms with van der Waals surface area (Å²) in [5.41, 5.74) is -0.477. The molecule has 6 heteroatoms. The molecule has 1 aromatic rings. The van der Waals surface area contributed by atoms with E-state index in [9.17, 15) is 9.59 Å². The summed E-state index contributed by atoms with van der Waals surface area (Å²) in [6.07, 6.45) is 0. The van der Waals surface area contributed by atoms with Crippen LogP contribution in [0, 0.1) is 5.92 Å². The van der Waals surface area contributed by atoms with E-state index in [-0.39, 0.29) is 11.7 Å². The van der Waals surface area contributed by atoms with E-state index in [1.54, 1.807) is 0 Å². The highest BCUT2D eigenvalue weighted by molar-refractivity contribution is 5.90. The first-order chi connectivity index (χ1) is 6.09. The van der Waals surface area contributed by atoms with Gasteiger partial charge in [0.05, 0.1) is 0 Å². The third kappa shape index (κ3) is 2.73. The SMILES string of the molecule is CC(C)CNC(=O)c1n[nH]c(=O)[nH]1. The van der Waals surface area contributed by atoms with Crippen molar-refractivity contribution in [1.82, 2.24) is 20.5 Å². The molecule has 0 saturated heterocycles. The fourth-order valence-corrected chi connectivity index (χ4v) is 0.758. The van der Waals surface area contributed by atoms with E-state index in [1.165, 1.54) is 0 Å². The van der Waals surface area contributed by atoms with Crippen LogP contribution in [0.15, 0.2) is 4.79 Å². The van der Waals surface area contributed by atoms with Crippen molar-refractivity contribution in [3.05, 3.63) is 16.3 Å². The Kier molecular flexibility index (Phi) is 2.84. The zero-order valence-electron chi connectivity index (χ0n) is 7.55. The van der Waals surface area contributed by atoms with Gasteiger partial charge in [0.2, 0.25) is 5.82 Å². The fraction of sp³-hybridized carbons (Fsp3) is 0.571. The van der Waals surface area contributed by atoms with Gasteiger partial charge in [-0.25, -0.2) is 9.89 Å². The van der Waals surface area contributed by atoms with Crippen molar-refractivity contribution < 1.29 is 4.79 Å². The highest BCUT2D eigenvalue weighted by Crippen LogP contribution is 1.89. The Hall–Kier alpha value is -1.59. The summed E-state index contributed by atoms with van der Waals surface area (Å²) in [4.78, 5) is 24.0. The Morgan fingerprint density at radius 3 is 2.77 bits per heavy atom. The van der Waals surface area contributed by atoms with E-state index < -0.39 is 5.69 Å². The minimum Gasteiger partial charge on any atom is -0.349 e. The van der Waals surface area contributed by atoms with Crippen LogP contribution >= 0.6 is 0 Å². The monoisotopic (exact) mass is 184 g/mol. The quantitative estimate of drug-likeness (QED) is 0.590. The van der Waals surface area contributed by atoms with Gasteiger partial charge in [0, 0.05) is 6.54 Å². The Morgan fingerprint density at radius 1 is 1.62 bits per heavy atom. The molecule has 1 amide bonds. The van der Waals surface area contributed by atoms with Crippen molar-refractivity contribution in [2.24, 2.45) is 5.92 Å². The maximum Gasteiger partial charge on any atom is 0.341 e. The molecule has 0 radical (unpaired) electrons. The second kappa shape index (κ2) is 3.88. The minimum atomic E-state index is -0.477. The molecule has 0 unspecified atom stereocenters. The Bertz CT molecular complexity index is 338. The molecule has 13 heavy (non-hydrogen) atoms. The summed E-state index contributed by atoms with van der Waals surface area (Å²) in [5.74, 6) is 0.0207. The van der Waals surface area contributed by atoms with Gasteiger partial charge in [0.25, 0.3) is 5.91 Å². The zero-order chi connectivity index (χ0) is 9.84. The molecule has 0 aliphatic heterocycles. The molecule has 0 spiro atoms. The van der Waals surface area contributed by atoms with Gasteiger partial charge in [-0.1, -0.05) is 13.8 Å². The van der Waals surface area contributed by atoms with Crippen LogP contribution in [0.2, 0.25) is 0 Å². The average Bonchev–Trinajstić information content (AvgIpc) is 2.47. The van der Waals surface area contributed by atoms with Gasteiger partial charge in [-0.2, -0.15) is 0 Å². The van der Waals surface area contributed by atoms with Crippen molar-refractivity contribution in [2.75, 3.05) is 6.54 Å². The number of aromatic amines is 2. The lowest BCUT2D eigenvalue weighted by molar-refractivity contribution is 0.0939. The number of aromatic nitrogens is 3. The molecular formula is C7H12N4O2. The van der Waals surface area contributed by atoms with Crippen molar-refractivity contribution in [1.29, 1.82) is 0 Å². The number of hydrogen-bond acceptors (Lipinski definition) is 3. The largest absolute Gasteiger partial charge is 0.349 e. The van der Waals surface area contributed by atoms with Crippen LogP contribution in [-0.4, -0.2) is 27.6 Å². The van der Waals surface area contributed by atoms with Crippen LogP contribution in [0.3, 0.4) is 0 Å². The smallest absolute Gasteiger partial charge is 0.341 e. The van der Waals surface area contributed by atoms with Gasteiger partial charge in [-0.3, -0.25) is 9.78 Å². The number of amides is 1. The summed E-state index contributed by atoms with van der Waals surface area (Å²) < 4.78 is 0. The third-order valence-corrected chi connectivity index (χ3v) is 1.39. The average molecular weight is 184 g/mol. The number of nitrogens with one attached hydrogen (secondary N) is 3. The maximum absolute atomic E-state index is 11.2. The molecule has 0 aromatic carbocycles. The molecular weight excluding hydrogens is 172 g/mol. The second-order valence-electron chi connectivity index (χ2n) is 3.13. The lowest BCUT2D eigenvalue weighted by Gasteiger charge is -2.04. The van der Waals surface area contributed by atoms with Gasteiger partial charge in [0.1, 0.15) is 0 Å². The summed E-state index contributed by atoms with van der Waals surface area (Å²) in [6, 6.07) is 0. The Morgan fingerprint density at radius 2 is 2.31 bits per heavy atom. The van der Waals surface area contributed by atoms with Crippen LogP contribution in [0.4, 0.5) is 0 Å². The van der Waals surface area contributed by atoms with E-state index >= 15 is 0 Å². The molecule has 1 heterocycles. The fourth-order valence-electron chi connectivity index (χ4n) is 0.758. The van der Waals surface area contributed by atoms with E-state index in [2.05, 4.69) is 20.5 Å². The lowest BCUT2D eigenvalue weighted by atomic mass is 10.2. The van der Waals surface area contributed by atoms with Gasteiger partial charge in [-0.15, -0.1) is 5.10 Å². The summed E-state index contributed by atoms with van der Waals surface area (Å²) in [7, 11) is 0. The summed E-state index contributed by atoms with van der Waals surface area (Å²) in [6.45, 7) is 4.52. The molecule has 0 bridgehead atoms. The Labute approximate surface area is 74.7 Å². The molecule has 0 saturated carbocycles. The molecule has 0 fully saturated rings. The molecule has 1 rings (SSSR count). The minimum absolute atomic E-state index is 0.0191. The molecule has 72 valence electrons. The van der Waals surface area contributed by atoms with Gasteiger partial charge < -0.3 is 5.32 Å². The topological polar surface area (TPSA) is 90.6 Å². The van der Waals surface area contributed by atoms with Gasteiger partial charge >= 0.3 is 5.69 Å². The standard InChI is InChI=1S/C7H12N4O2/c1-4(2)3-8-6(12)5-9-7(13)11-10-5/h4H,3H2,1-2H3,(H,8,12)(H2,9,10,11,13). The van der Waals surface area contributed by atoms with Gasteiger partial charge in [-0.05, 0) is 5.92 Å². The van der Waals surface area contributed by atoms with Crippen molar-refractivity contribution >= 4 is 5.91 Å². The highest BCUT2D eigenvalue weighted by Gasteiger charge is 2.08. The first-order valence-corrected chi connectivity index (χ1v) is 4.02. The molecule has 0 aliphatic carbocycles. The first-order valence-electron chi connectivity index (χ1n) is 4.02. The number of nitrogens with zero attached hydrogens (tertiary/aromatic N) is 1. The second-order valence-corrected chi connectivity index (χ2v) is 3.13. The highest BCUT2D eigenvalue weighted by atomic mass is 16.2. The van der Waals surface area contributed by atoms with E-state index in [0.29, 0.717) is 12.5 Å². The van der Waals surface area contributed by atoms with Crippen LogP contribution in [0.25, 0.3) is 0 Å². The van der Waals surface area contributed by atoms with Crippen LogP contribution in [0.5, 0.6) is 0 Å². The molecule has 6 nitrogen and oxygen atoms in total. The summed E-state index contributed by atoms with van der Waals surface area (Å²) in [5, 5.41) is 8.22. The molecule has 3 N–H and O–H groups in total. The van der Waals surface area contributed by atoms with Gasteiger partial charge in [0.15, 0.2) is 0 Å². The third-order valence-electron chi connectivity index (χ3n) is 1.39. The lowest BCUT2D eigenvalue weighted by Crippen LogP contribution is -2.28. The van der Waals surface area contributed by atoms with E-state index in [0.717, 1.165) is 0 Å². The van der Waals surface area contributed by atoms with E-state index in [4.69, 9.17) is 0 Å². The number of carbonyl (C=O) groups is 1. The molecule has 0 atom stereocenters. The first kappa shape index (κ1) is 9.50. The van der Waals surface area contributed by atoms with Crippen LogP contribution in [0.1, 0.15) is 24.5 Å². The van der Waals surface area contributed by atoms with Crippen LogP contribution in [-0.2, 0) is 0 Å². The van der Waals surface area contributed by atoms with Crippen LogP contribution < -0.4 is 11.0 Å². The van der Waals surface area contributed by atoms with Crippen molar-refractivity contribution in [3.63, 3.8) is 0 Å². The summed E-state index contributed by atoms with van der Waals surface area (Å²) >= 11 is 0. The zero-order valence-corrected chi connectivity index (χ0v) is 7.55. The van der Waals surface area contributed by atoms with Crippen molar-refractivity contribution in [3.8, 4) is 0 Å². The Balaban J connectivity index is 2.54. The van der Waals surface area contributed by atoms with Crippen molar-refractivity contribution in [2.45, 2.75) is 13.8 Å². The molecule has 0 aliphatic rings. The molecule has 1 aromatic heterocycles. The number of carbonyl (C=O) groups excluding carboxylic acids is 1.